The smallest absolute Gasteiger partial charge is 0.251 e. The minimum Gasteiger partial charge on any atom is -0.356 e. The minimum absolute atomic E-state index is 0. The van der Waals surface area contributed by atoms with Crippen LogP contribution in [-0.2, 0) is 13.0 Å². The number of amides is 1. The minimum atomic E-state index is -0.0882. The van der Waals surface area contributed by atoms with Crippen molar-refractivity contribution >= 4 is 35.8 Å². The van der Waals surface area contributed by atoms with Crippen molar-refractivity contribution in [3.8, 4) is 0 Å². The molecule has 0 bridgehead atoms. The zero-order valence-corrected chi connectivity index (χ0v) is 16.8. The van der Waals surface area contributed by atoms with Crippen LogP contribution in [-0.4, -0.2) is 37.5 Å². The number of aliphatic imine (C=N–C) groups is 1. The molecule has 0 saturated heterocycles. The molecule has 1 heterocycles. The van der Waals surface area contributed by atoms with E-state index in [9.17, 15) is 4.79 Å². The number of benzene rings is 1. The van der Waals surface area contributed by atoms with E-state index in [1.807, 2.05) is 36.4 Å². The van der Waals surface area contributed by atoms with Crippen LogP contribution >= 0.6 is 24.0 Å². The van der Waals surface area contributed by atoms with Gasteiger partial charge in [-0.25, -0.2) is 0 Å². The number of halogens is 1. The number of guanidine groups is 1. The SMILES string of the molecule is CN=C(NCCc1ccccn1)NCc1cccc(C(=O)NC)c1.I. The topological polar surface area (TPSA) is 78.4 Å². The standard InChI is InChI=1S/C18H23N5O.HI/c1-19-17(24)15-7-5-6-14(12-15)13-23-18(20-2)22-11-9-16-8-3-4-10-21-16;/h3-8,10,12H,9,11,13H2,1-2H3,(H,19,24)(H2,20,22,23);1H. The lowest BCUT2D eigenvalue weighted by atomic mass is 10.1. The molecule has 2 rings (SSSR count). The third-order valence-electron chi connectivity index (χ3n) is 3.50. The van der Waals surface area contributed by atoms with Crippen LogP contribution in [0.2, 0.25) is 0 Å². The summed E-state index contributed by atoms with van der Waals surface area (Å²) >= 11 is 0. The summed E-state index contributed by atoms with van der Waals surface area (Å²) in [6.45, 7) is 1.34. The van der Waals surface area contributed by atoms with Crippen molar-refractivity contribution in [1.29, 1.82) is 0 Å². The van der Waals surface area contributed by atoms with Crippen molar-refractivity contribution < 1.29 is 4.79 Å². The predicted octanol–water partition coefficient (Wildman–Crippen LogP) is 1.97. The molecule has 0 fully saturated rings. The summed E-state index contributed by atoms with van der Waals surface area (Å²) in [7, 11) is 3.36. The Balaban J connectivity index is 0.00000312. The molecule has 0 aliphatic heterocycles. The van der Waals surface area contributed by atoms with E-state index in [0.717, 1.165) is 30.2 Å². The molecule has 0 aliphatic rings. The molecule has 0 aliphatic carbocycles. The van der Waals surface area contributed by atoms with Crippen molar-refractivity contribution in [1.82, 2.24) is 20.9 Å². The van der Waals surface area contributed by atoms with Gasteiger partial charge in [0, 0.05) is 51.1 Å². The van der Waals surface area contributed by atoms with Gasteiger partial charge in [-0.2, -0.15) is 0 Å². The van der Waals surface area contributed by atoms with Crippen LogP contribution in [0.4, 0.5) is 0 Å². The molecule has 0 spiro atoms. The van der Waals surface area contributed by atoms with E-state index in [1.54, 1.807) is 26.4 Å². The third-order valence-corrected chi connectivity index (χ3v) is 3.50. The molecular weight excluding hydrogens is 429 g/mol. The molecule has 0 saturated carbocycles. The average molecular weight is 453 g/mol. The van der Waals surface area contributed by atoms with Gasteiger partial charge in [0.2, 0.25) is 0 Å². The maximum absolute atomic E-state index is 11.7. The Morgan fingerprint density at radius 2 is 2.00 bits per heavy atom. The number of rotatable bonds is 6. The van der Waals surface area contributed by atoms with Gasteiger partial charge in [-0.05, 0) is 29.8 Å². The van der Waals surface area contributed by atoms with Crippen molar-refractivity contribution in [2.45, 2.75) is 13.0 Å². The highest BCUT2D eigenvalue weighted by Gasteiger charge is 2.04. The van der Waals surface area contributed by atoms with Gasteiger partial charge in [0.15, 0.2) is 5.96 Å². The van der Waals surface area contributed by atoms with Crippen LogP contribution in [0.3, 0.4) is 0 Å². The monoisotopic (exact) mass is 453 g/mol. The first-order valence-electron chi connectivity index (χ1n) is 7.88. The van der Waals surface area contributed by atoms with Crippen molar-refractivity contribution in [3.63, 3.8) is 0 Å². The van der Waals surface area contributed by atoms with Crippen LogP contribution in [0, 0.1) is 0 Å². The summed E-state index contributed by atoms with van der Waals surface area (Å²) in [6.07, 6.45) is 2.62. The number of carbonyl (C=O) groups is 1. The predicted molar refractivity (Wildman–Crippen MR) is 111 cm³/mol. The lowest BCUT2D eigenvalue weighted by Crippen LogP contribution is -2.38. The van der Waals surface area contributed by atoms with Gasteiger partial charge < -0.3 is 16.0 Å². The van der Waals surface area contributed by atoms with Gasteiger partial charge in [0.25, 0.3) is 5.91 Å². The molecule has 25 heavy (non-hydrogen) atoms. The molecule has 0 radical (unpaired) electrons. The zero-order chi connectivity index (χ0) is 17.2. The average Bonchev–Trinajstić information content (AvgIpc) is 2.65. The molecule has 1 aromatic carbocycles. The normalized spacial score (nSPS) is 10.6. The molecule has 7 heteroatoms. The van der Waals surface area contributed by atoms with E-state index in [2.05, 4.69) is 25.9 Å². The molecule has 1 aromatic heterocycles. The van der Waals surface area contributed by atoms with Gasteiger partial charge in [-0.3, -0.25) is 14.8 Å². The largest absolute Gasteiger partial charge is 0.356 e. The van der Waals surface area contributed by atoms with E-state index in [-0.39, 0.29) is 29.9 Å². The van der Waals surface area contributed by atoms with Crippen molar-refractivity contribution in [3.05, 3.63) is 65.5 Å². The Labute approximate surface area is 165 Å². The Morgan fingerprint density at radius 1 is 1.16 bits per heavy atom. The number of hydrogen-bond donors (Lipinski definition) is 3. The lowest BCUT2D eigenvalue weighted by Gasteiger charge is -2.12. The highest BCUT2D eigenvalue weighted by molar-refractivity contribution is 14.0. The van der Waals surface area contributed by atoms with Gasteiger partial charge >= 0.3 is 0 Å². The Hall–Kier alpha value is -2.16. The van der Waals surface area contributed by atoms with E-state index in [1.165, 1.54) is 0 Å². The van der Waals surface area contributed by atoms with Crippen molar-refractivity contribution in [2.75, 3.05) is 20.6 Å². The fourth-order valence-corrected chi connectivity index (χ4v) is 2.23. The second kappa shape index (κ2) is 11.4. The zero-order valence-electron chi connectivity index (χ0n) is 14.5. The number of aromatic nitrogens is 1. The van der Waals surface area contributed by atoms with Gasteiger partial charge in [0.1, 0.15) is 0 Å². The number of pyridine rings is 1. The number of carbonyl (C=O) groups excluding carboxylic acids is 1. The quantitative estimate of drug-likeness (QED) is 0.355. The number of hydrogen-bond acceptors (Lipinski definition) is 3. The van der Waals surface area contributed by atoms with Crippen LogP contribution in [0.25, 0.3) is 0 Å². The molecule has 3 N–H and O–H groups in total. The Bertz CT molecular complexity index is 691. The molecule has 1 amide bonds. The van der Waals surface area contributed by atoms with E-state index in [0.29, 0.717) is 12.1 Å². The fraction of sp³-hybridized carbons (Fsp3) is 0.278. The number of nitrogens with zero attached hydrogens (tertiary/aromatic N) is 2. The van der Waals surface area contributed by atoms with Gasteiger partial charge in [0.05, 0.1) is 0 Å². The molecule has 134 valence electrons. The molecule has 6 nitrogen and oxygen atoms in total. The highest BCUT2D eigenvalue weighted by atomic mass is 127. The molecule has 0 atom stereocenters. The lowest BCUT2D eigenvalue weighted by molar-refractivity contribution is 0.0963. The van der Waals surface area contributed by atoms with E-state index >= 15 is 0 Å². The Kier molecular flexibility index (Phi) is 9.53. The van der Waals surface area contributed by atoms with Crippen LogP contribution in [0.15, 0.2) is 53.7 Å². The summed E-state index contributed by atoms with van der Waals surface area (Å²) in [6, 6.07) is 13.4. The second-order valence-electron chi connectivity index (χ2n) is 5.20. The highest BCUT2D eigenvalue weighted by Crippen LogP contribution is 2.05. The molecule has 0 unspecified atom stereocenters. The summed E-state index contributed by atoms with van der Waals surface area (Å²) < 4.78 is 0. The van der Waals surface area contributed by atoms with Crippen LogP contribution < -0.4 is 16.0 Å². The van der Waals surface area contributed by atoms with Crippen molar-refractivity contribution in [2.24, 2.45) is 4.99 Å². The second-order valence-corrected chi connectivity index (χ2v) is 5.20. The first-order valence-corrected chi connectivity index (χ1v) is 7.88. The van der Waals surface area contributed by atoms with Gasteiger partial charge in [-0.15, -0.1) is 24.0 Å². The van der Waals surface area contributed by atoms with Crippen LogP contribution in [0.5, 0.6) is 0 Å². The maximum atomic E-state index is 11.7. The summed E-state index contributed by atoms with van der Waals surface area (Å²) in [5.41, 5.74) is 2.71. The summed E-state index contributed by atoms with van der Waals surface area (Å²) in [5.74, 6) is 0.631. The summed E-state index contributed by atoms with van der Waals surface area (Å²) in [5, 5.41) is 9.13. The first-order chi connectivity index (χ1) is 11.7. The number of nitrogens with one attached hydrogen (secondary N) is 3. The van der Waals surface area contributed by atoms with Gasteiger partial charge in [-0.1, -0.05) is 18.2 Å². The Morgan fingerprint density at radius 3 is 2.68 bits per heavy atom. The first kappa shape index (κ1) is 20.9. The van der Waals surface area contributed by atoms with E-state index in [4.69, 9.17) is 0 Å². The fourth-order valence-electron chi connectivity index (χ4n) is 2.23. The molecule has 2 aromatic rings. The maximum Gasteiger partial charge on any atom is 0.251 e. The van der Waals surface area contributed by atoms with E-state index < -0.39 is 0 Å². The molecular formula is C18H24IN5O. The summed E-state index contributed by atoms with van der Waals surface area (Å²) in [4.78, 5) is 20.2. The van der Waals surface area contributed by atoms with Crippen LogP contribution in [0.1, 0.15) is 21.6 Å². The third kappa shape index (κ3) is 7.08.